The minimum absolute atomic E-state index is 0.0663. The highest BCUT2D eigenvalue weighted by atomic mass is 16.5. The number of hydrogen-bond acceptors (Lipinski definition) is 3. The summed E-state index contributed by atoms with van der Waals surface area (Å²) in [7, 11) is 0. The Labute approximate surface area is 185 Å². The predicted octanol–water partition coefficient (Wildman–Crippen LogP) is 5.30. The van der Waals surface area contributed by atoms with Crippen LogP contribution in [0, 0.1) is 0 Å². The average Bonchev–Trinajstić information content (AvgIpc) is 2.82. The van der Waals surface area contributed by atoms with E-state index in [1.807, 2.05) is 43.3 Å². The van der Waals surface area contributed by atoms with Crippen LogP contribution in [0.4, 0.5) is 0 Å². The number of carbonyl (C=O) groups excluding carboxylic acids is 1. The number of amides is 1. The van der Waals surface area contributed by atoms with E-state index in [2.05, 4.69) is 40.5 Å². The number of likely N-dealkylation sites (tertiary alicyclic amines) is 1. The van der Waals surface area contributed by atoms with Crippen LogP contribution in [0.15, 0.2) is 66.7 Å². The van der Waals surface area contributed by atoms with Crippen molar-refractivity contribution in [3.8, 4) is 5.75 Å². The number of hydrogen-bond donors (Lipinski definition) is 1. The number of fused-ring (bicyclic) bond motifs is 1. The Balaban J connectivity index is 1.37. The van der Waals surface area contributed by atoms with Crippen LogP contribution >= 0.6 is 0 Å². The third kappa shape index (κ3) is 5.65. The highest BCUT2D eigenvalue weighted by molar-refractivity contribution is 5.84. The second-order valence-corrected chi connectivity index (χ2v) is 8.35. The molecule has 4 rings (SSSR count). The van der Waals surface area contributed by atoms with Gasteiger partial charge in [-0.3, -0.25) is 9.69 Å². The highest BCUT2D eigenvalue weighted by Gasteiger charge is 2.19. The summed E-state index contributed by atoms with van der Waals surface area (Å²) in [6.45, 7) is 5.79. The lowest BCUT2D eigenvalue weighted by atomic mass is 10.0. The molecule has 1 amide bonds. The van der Waals surface area contributed by atoms with Gasteiger partial charge in [0, 0.05) is 13.1 Å². The largest absolute Gasteiger partial charge is 0.481 e. The van der Waals surface area contributed by atoms with Crippen molar-refractivity contribution < 1.29 is 9.53 Å². The van der Waals surface area contributed by atoms with Crippen LogP contribution in [0.25, 0.3) is 10.8 Å². The molecule has 1 heterocycles. The maximum atomic E-state index is 12.9. The Morgan fingerprint density at radius 1 is 0.935 bits per heavy atom. The molecule has 162 valence electrons. The van der Waals surface area contributed by atoms with Crippen molar-refractivity contribution in [1.82, 2.24) is 10.2 Å². The summed E-state index contributed by atoms with van der Waals surface area (Å²) in [4.78, 5) is 15.4. The smallest absolute Gasteiger partial charge is 0.261 e. The third-order valence-electron chi connectivity index (χ3n) is 6.08. The summed E-state index contributed by atoms with van der Waals surface area (Å²) < 4.78 is 6.05. The molecule has 0 bridgehead atoms. The van der Waals surface area contributed by atoms with Gasteiger partial charge in [0.2, 0.25) is 0 Å². The van der Waals surface area contributed by atoms with E-state index in [9.17, 15) is 4.79 Å². The molecule has 4 nitrogen and oxygen atoms in total. The number of piperidine rings is 1. The summed E-state index contributed by atoms with van der Waals surface area (Å²) in [6, 6.07) is 22.6. The highest BCUT2D eigenvalue weighted by Crippen LogP contribution is 2.22. The molecule has 0 spiro atoms. The minimum Gasteiger partial charge on any atom is -0.481 e. The van der Waals surface area contributed by atoms with Crippen molar-refractivity contribution in [3.05, 3.63) is 77.9 Å². The van der Waals surface area contributed by atoms with Crippen LogP contribution in [0.1, 0.15) is 43.7 Å². The molecule has 0 unspecified atom stereocenters. The van der Waals surface area contributed by atoms with E-state index in [1.54, 1.807) is 0 Å². The van der Waals surface area contributed by atoms with Gasteiger partial charge in [0.1, 0.15) is 5.75 Å². The van der Waals surface area contributed by atoms with E-state index >= 15 is 0 Å². The topological polar surface area (TPSA) is 41.6 Å². The van der Waals surface area contributed by atoms with Crippen LogP contribution < -0.4 is 10.1 Å². The number of ether oxygens (including phenoxy) is 1. The third-order valence-corrected chi connectivity index (χ3v) is 6.08. The molecule has 0 aliphatic carbocycles. The summed E-state index contributed by atoms with van der Waals surface area (Å²) in [5.41, 5.74) is 2.48. The zero-order valence-corrected chi connectivity index (χ0v) is 18.3. The molecule has 3 aromatic carbocycles. The van der Waals surface area contributed by atoms with E-state index in [0.717, 1.165) is 36.2 Å². The quantitative estimate of drug-likeness (QED) is 0.542. The summed E-state index contributed by atoms with van der Waals surface area (Å²) in [5.74, 6) is 0.662. The lowest BCUT2D eigenvalue weighted by Gasteiger charge is -2.27. The molecule has 1 fully saturated rings. The van der Waals surface area contributed by atoms with Crippen molar-refractivity contribution in [2.24, 2.45) is 0 Å². The molecule has 4 heteroatoms. The van der Waals surface area contributed by atoms with Gasteiger partial charge in [0.05, 0.1) is 0 Å². The Kier molecular flexibility index (Phi) is 7.21. The van der Waals surface area contributed by atoms with Crippen molar-refractivity contribution in [2.45, 2.75) is 51.8 Å². The fraction of sp³-hybridized carbons (Fsp3) is 0.370. The van der Waals surface area contributed by atoms with Gasteiger partial charge in [-0.15, -0.1) is 0 Å². The lowest BCUT2D eigenvalue weighted by molar-refractivity contribution is -0.128. The lowest BCUT2D eigenvalue weighted by Crippen LogP contribution is -2.38. The molecule has 0 aromatic heterocycles. The first kappa shape index (κ1) is 21.4. The first-order valence-electron chi connectivity index (χ1n) is 11.5. The van der Waals surface area contributed by atoms with Crippen LogP contribution in [0.5, 0.6) is 5.75 Å². The molecule has 0 saturated carbocycles. The van der Waals surface area contributed by atoms with E-state index in [1.165, 1.54) is 30.4 Å². The number of benzene rings is 3. The van der Waals surface area contributed by atoms with E-state index in [0.29, 0.717) is 13.0 Å². The molecule has 1 saturated heterocycles. The molecule has 31 heavy (non-hydrogen) atoms. The number of nitrogens with zero attached hydrogens (tertiary/aromatic N) is 1. The van der Waals surface area contributed by atoms with Crippen LogP contribution in [-0.4, -0.2) is 30.0 Å². The molecule has 1 aliphatic heterocycles. The molecule has 0 radical (unpaired) electrons. The molecule has 1 atom stereocenters. The van der Waals surface area contributed by atoms with Gasteiger partial charge < -0.3 is 10.1 Å². The van der Waals surface area contributed by atoms with Gasteiger partial charge >= 0.3 is 0 Å². The maximum Gasteiger partial charge on any atom is 0.261 e. The number of rotatable bonds is 8. The molecule has 3 aromatic rings. The van der Waals surface area contributed by atoms with Gasteiger partial charge in [-0.2, -0.15) is 0 Å². The standard InChI is InChI=1S/C27H32N2O2/c1-2-26(31-25-15-14-21-10-4-5-11-22(21)18-25)27(30)28-19-23-12-6-7-13-24(23)20-29-16-8-3-9-17-29/h4-7,10-15,18,26H,2-3,8-9,16-17,19-20H2,1H3,(H,28,30)/t26-/m1/s1. The normalized spacial score (nSPS) is 15.5. The SMILES string of the molecule is CC[C@@H](Oc1ccc2ccccc2c1)C(=O)NCc1ccccc1CN1CCCCC1. The van der Waals surface area contributed by atoms with Crippen molar-refractivity contribution >= 4 is 16.7 Å². The van der Waals surface area contributed by atoms with E-state index < -0.39 is 6.10 Å². The van der Waals surface area contributed by atoms with Gasteiger partial charge in [-0.1, -0.05) is 67.9 Å². The zero-order valence-electron chi connectivity index (χ0n) is 18.3. The first-order valence-corrected chi connectivity index (χ1v) is 11.5. The van der Waals surface area contributed by atoms with Crippen molar-refractivity contribution in [2.75, 3.05) is 13.1 Å². The number of carbonyl (C=O) groups is 1. The summed E-state index contributed by atoms with van der Waals surface area (Å²) >= 11 is 0. The monoisotopic (exact) mass is 416 g/mol. The fourth-order valence-electron chi connectivity index (χ4n) is 4.27. The number of nitrogens with one attached hydrogen (secondary N) is 1. The Morgan fingerprint density at radius 3 is 2.42 bits per heavy atom. The maximum absolute atomic E-state index is 12.9. The van der Waals surface area contributed by atoms with Gasteiger partial charge in [-0.25, -0.2) is 0 Å². The fourth-order valence-corrected chi connectivity index (χ4v) is 4.27. The second-order valence-electron chi connectivity index (χ2n) is 8.35. The van der Waals surface area contributed by atoms with Crippen LogP contribution in [-0.2, 0) is 17.9 Å². The summed E-state index contributed by atoms with van der Waals surface area (Å²) in [5, 5.41) is 5.38. The van der Waals surface area contributed by atoms with Crippen molar-refractivity contribution in [3.63, 3.8) is 0 Å². The predicted molar refractivity (Wildman–Crippen MR) is 126 cm³/mol. The average molecular weight is 417 g/mol. The van der Waals surface area contributed by atoms with Gasteiger partial charge in [0.25, 0.3) is 5.91 Å². The Morgan fingerprint density at radius 2 is 1.65 bits per heavy atom. The second kappa shape index (κ2) is 10.5. The molecule has 1 N–H and O–H groups in total. The first-order chi connectivity index (χ1) is 15.2. The van der Waals surface area contributed by atoms with Gasteiger partial charge in [-0.05, 0) is 66.4 Å². The molecule has 1 aliphatic rings. The molecular weight excluding hydrogens is 384 g/mol. The molecular formula is C27H32N2O2. The van der Waals surface area contributed by atoms with Crippen LogP contribution in [0.3, 0.4) is 0 Å². The van der Waals surface area contributed by atoms with Crippen LogP contribution in [0.2, 0.25) is 0 Å². The zero-order chi connectivity index (χ0) is 21.5. The Hall–Kier alpha value is -2.85. The Bertz CT molecular complexity index is 1010. The van der Waals surface area contributed by atoms with E-state index in [4.69, 9.17) is 4.74 Å². The van der Waals surface area contributed by atoms with E-state index in [-0.39, 0.29) is 5.91 Å². The van der Waals surface area contributed by atoms with Gasteiger partial charge in [0.15, 0.2) is 6.10 Å². The minimum atomic E-state index is -0.504. The van der Waals surface area contributed by atoms with Crippen molar-refractivity contribution in [1.29, 1.82) is 0 Å². The summed E-state index contributed by atoms with van der Waals surface area (Å²) in [6.07, 6.45) is 4.01.